The van der Waals surface area contributed by atoms with Crippen LogP contribution in [-0.2, 0) is 24.7 Å². The van der Waals surface area contributed by atoms with Crippen LogP contribution in [0.3, 0.4) is 0 Å². The summed E-state index contributed by atoms with van der Waals surface area (Å²) in [6.45, 7) is 1.82. The molecule has 2 aliphatic heterocycles. The van der Waals surface area contributed by atoms with Gasteiger partial charge in [0.1, 0.15) is 0 Å². The van der Waals surface area contributed by atoms with E-state index in [9.17, 15) is 0 Å². The molecular weight excluding hydrogens is 220 g/mol. The normalized spacial score (nSPS) is 37.4. The van der Waals surface area contributed by atoms with Crippen molar-refractivity contribution in [2.75, 3.05) is 0 Å². The molecule has 3 atom stereocenters. The van der Waals surface area contributed by atoms with Crippen LogP contribution in [0.15, 0.2) is 24.3 Å². The average Bonchev–Trinajstić information content (AvgIpc) is 3.13. The van der Waals surface area contributed by atoms with E-state index in [0.717, 1.165) is 18.4 Å². The van der Waals surface area contributed by atoms with E-state index in [-0.39, 0.29) is 11.7 Å². The molecule has 90 valence electrons. The van der Waals surface area contributed by atoms with Crippen molar-refractivity contribution in [1.29, 1.82) is 0 Å². The Bertz CT molecular complexity index is 454. The first-order chi connectivity index (χ1) is 8.29. The monoisotopic (exact) mass is 234 g/mol. The molecule has 0 radical (unpaired) electrons. The molecule has 2 bridgehead atoms. The maximum atomic E-state index is 5.85. The SMILES string of the molecule is CC1OO[C@@H]2O[C@H](O1)C1(CC1)c1ccccc12. The summed E-state index contributed by atoms with van der Waals surface area (Å²) in [7, 11) is 0. The second-order valence-corrected chi connectivity index (χ2v) is 4.94. The Morgan fingerprint density at radius 3 is 2.76 bits per heavy atom. The van der Waals surface area contributed by atoms with Gasteiger partial charge in [0, 0.05) is 11.0 Å². The lowest BCUT2D eigenvalue weighted by molar-refractivity contribution is -0.399. The number of hydrogen-bond acceptors (Lipinski definition) is 4. The Kier molecular flexibility index (Phi) is 1.94. The molecule has 2 heterocycles. The predicted molar refractivity (Wildman–Crippen MR) is 57.7 cm³/mol. The molecule has 2 fully saturated rings. The first kappa shape index (κ1) is 10.0. The lowest BCUT2D eigenvalue weighted by atomic mass is 9.88. The van der Waals surface area contributed by atoms with Gasteiger partial charge in [-0.3, -0.25) is 0 Å². The van der Waals surface area contributed by atoms with Crippen molar-refractivity contribution in [3.63, 3.8) is 0 Å². The van der Waals surface area contributed by atoms with Gasteiger partial charge in [0.2, 0.25) is 6.29 Å². The van der Waals surface area contributed by atoms with Crippen molar-refractivity contribution in [3.8, 4) is 0 Å². The third-order valence-electron chi connectivity index (χ3n) is 3.83. The fourth-order valence-electron chi connectivity index (χ4n) is 2.80. The van der Waals surface area contributed by atoms with Crippen molar-refractivity contribution in [1.82, 2.24) is 0 Å². The summed E-state index contributed by atoms with van der Waals surface area (Å²) in [6.07, 6.45) is 1.10. The zero-order valence-electron chi connectivity index (χ0n) is 9.59. The molecule has 4 heteroatoms. The lowest BCUT2D eigenvalue weighted by Crippen LogP contribution is -2.38. The Labute approximate surface area is 99.4 Å². The Morgan fingerprint density at radius 1 is 1.12 bits per heavy atom. The molecule has 4 rings (SSSR count). The first-order valence-corrected chi connectivity index (χ1v) is 6.02. The minimum atomic E-state index is -0.465. The van der Waals surface area contributed by atoms with Gasteiger partial charge in [-0.2, -0.15) is 4.89 Å². The first-order valence-electron chi connectivity index (χ1n) is 6.02. The zero-order chi connectivity index (χ0) is 11.5. The molecule has 4 nitrogen and oxygen atoms in total. The maximum absolute atomic E-state index is 5.85. The molecule has 1 aromatic carbocycles. The van der Waals surface area contributed by atoms with Crippen LogP contribution in [0.4, 0.5) is 0 Å². The van der Waals surface area contributed by atoms with Crippen LogP contribution in [0.2, 0.25) is 0 Å². The largest absolute Gasteiger partial charge is 0.320 e. The van der Waals surface area contributed by atoms with Crippen LogP contribution >= 0.6 is 0 Å². The van der Waals surface area contributed by atoms with Crippen LogP contribution in [0, 0.1) is 0 Å². The van der Waals surface area contributed by atoms with Gasteiger partial charge in [-0.05, 0) is 25.3 Å². The molecule has 1 aromatic rings. The van der Waals surface area contributed by atoms with Crippen molar-refractivity contribution in [2.24, 2.45) is 0 Å². The summed E-state index contributed by atoms with van der Waals surface area (Å²) in [4.78, 5) is 10.4. The smallest absolute Gasteiger partial charge is 0.220 e. The summed E-state index contributed by atoms with van der Waals surface area (Å²) in [6, 6.07) is 8.24. The third-order valence-corrected chi connectivity index (χ3v) is 3.83. The van der Waals surface area contributed by atoms with Crippen LogP contribution < -0.4 is 0 Å². The molecule has 17 heavy (non-hydrogen) atoms. The van der Waals surface area contributed by atoms with E-state index in [1.165, 1.54) is 5.56 Å². The lowest BCUT2D eigenvalue weighted by Gasteiger charge is -2.34. The summed E-state index contributed by atoms with van der Waals surface area (Å²) in [5, 5.41) is 0. The van der Waals surface area contributed by atoms with Gasteiger partial charge in [0.15, 0.2) is 12.6 Å². The minimum Gasteiger partial charge on any atom is -0.320 e. The highest BCUT2D eigenvalue weighted by atomic mass is 17.3. The van der Waals surface area contributed by atoms with Crippen LogP contribution in [0.1, 0.15) is 37.2 Å². The highest BCUT2D eigenvalue weighted by Crippen LogP contribution is 2.58. The highest BCUT2D eigenvalue weighted by Gasteiger charge is 2.59. The molecule has 0 amide bonds. The summed E-state index contributed by atoms with van der Waals surface area (Å²) < 4.78 is 11.6. The minimum absolute atomic E-state index is 0.0262. The van der Waals surface area contributed by atoms with E-state index in [0.29, 0.717) is 0 Å². The van der Waals surface area contributed by atoms with Crippen LogP contribution in [0.25, 0.3) is 0 Å². The second kappa shape index (κ2) is 3.29. The zero-order valence-corrected chi connectivity index (χ0v) is 9.59. The molecule has 1 unspecified atom stereocenters. The highest BCUT2D eigenvalue weighted by molar-refractivity contribution is 5.42. The number of rotatable bonds is 0. The van der Waals surface area contributed by atoms with Gasteiger partial charge in [0.25, 0.3) is 0 Å². The van der Waals surface area contributed by atoms with E-state index < -0.39 is 12.6 Å². The van der Waals surface area contributed by atoms with Gasteiger partial charge in [-0.1, -0.05) is 24.3 Å². The van der Waals surface area contributed by atoms with E-state index in [4.69, 9.17) is 19.2 Å². The van der Waals surface area contributed by atoms with Crippen molar-refractivity contribution in [3.05, 3.63) is 35.4 Å². The van der Waals surface area contributed by atoms with E-state index >= 15 is 0 Å². The van der Waals surface area contributed by atoms with Gasteiger partial charge in [-0.25, -0.2) is 4.89 Å². The number of hydrogen-bond donors (Lipinski definition) is 0. The molecule has 1 spiro atoms. The maximum Gasteiger partial charge on any atom is 0.220 e. The summed E-state index contributed by atoms with van der Waals surface area (Å²) in [5.41, 5.74) is 2.39. The standard InChI is InChI=1S/C13H14O4/c1-8-14-12-13(6-7-13)10-5-3-2-4-9(10)11(15-12)17-16-8/h2-5,8,11-12H,6-7H2,1H3/t8?,11-,12-/m0/s1. The van der Waals surface area contributed by atoms with Gasteiger partial charge in [0.05, 0.1) is 0 Å². The fraction of sp³-hybridized carbons (Fsp3) is 0.538. The topological polar surface area (TPSA) is 36.9 Å². The van der Waals surface area contributed by atoms with Crippen LogP contribution in [-0.4, -0.2) is 12.6 Å². The predicted octanol–water partition coefficient (Wildman–Crippen LogP) is 2.40. The third kappa shape index (κ3) is 1.32. The number of benzene rings is 1. The number of ether oxygens (including phenoxy) is 2. The quantitative estimate of drug-likeness (QED) is 0.646. The van der Waals surface area contributed by atoms with E-state index in [1.807, 2.05) is 19.1 Å². The Balaban J connectivity index is 1.86. The van der Waals surface area contributed by atoms with E-state index in [2.05, 4.69) is 12.1 Å². The van der Waals surface area contributed by atoms with Gasteiger partial charge in [-0.15, -0.1) is 0 Å². The molecular formula is C13H14O4. The van der Waals surface area contributed by atoms with E-state index in [1.54, 1.807) is 0 Å². The van der Waals surface area contributed by atoms with Crippen LogP contribution in [0.5, 0.6) is 0 Å². The molecule has 1 saturated carbocycles. The van der Waals surface area contributed by atoms with Crippen molar-refractivity contribution < 1.29 is 19.2 Å². The average molecular weight is 234 g/mol. The molecule has 3 aliphatic rings. The van der Waals surface area contributed by atoms with Crippen molar-refractivity contribution >= 4 is 0 Å². The van der Waals surface area contributed by atoms with Gasteiger partial charge < -0.3 is 9.47 Å². The molecule has 1 aliphatic carbocycles. The summed E-state index contributed by atoms with van der Waals surface area (Å²) in [5.74, 6) is 0. The molecule has 0 aromatic heterocycles. The van der Waals surface area contributed by atoms with Crippen molar-refractivity contribution in [2.45, 2.75) is 44.1 Å². The molecule has 1 saturated heterocycles. The Morgan fingerprint density at radius 2 is 1.94 bits per heavy atom. The summed E-state index contributed by atoms with van der Waals surface area (Å²) >= 11 is 0. The second-order valence-electron chi connectivity index (χ2n) is 4.94. The van der Waals surface area contributed by atoms with Gasteiger partial charge >= 0.3 is 0 Å². The Hall–Kier alpha value is -0.940. The fourth-order valence-corrected chi connectivity index (χ4v) is 2.80. The number of fused-ring (bicyclic) bond motifs is 6. The molecule has 0 N–H and O–H groups in total.